The van der Waals surface area contributed by atoms with Crippen LogP contribution in [0, 0.1) is 13.8 Å². The van der Waals surface area contributed by atoms with E-state index in [-0.39, 0.29) is 0 Å². The molecule has 1 aromatic carbocycles. The molecule has 0 radical (unpaired) electrons. The maximum atomic E-state index is 6.52. The van der Waals surface area contributed by atoms with E-state index in [1.165, 1.54) is 15.1 Å². The van der Waals surface area contributed by atoms with Gasteiger partial charge in [-0.1, -0.05) is 17.7 Å². The molecule has 0 spiro atoms. The van der Waals surface area contributed by atoms with Gasteiger partial charge in [0, 0.05) is 27.1 Å². The highest BCUT2D eigenvalue weighted by Crippen LogP contribution is 2.40. The van der Waals surface area contributed by atoms with Gasteiger partial charge in [-0.15, -0.1) is 11.3 Å². The smallest absolute Gasteiger partial charge is 0.182 e. The molecule has 0 unspecified atom stereocenters. The molecule has 2 aromatic heterocycles. The first-order chi connectivity index (χ1) is 10.2. The highest BCUT2D eigenvalue weighted by molar-refractivity contribution is 7.19. The molecule has 2 heterocycles. The molecule has 0 bridgehead atoms. The summed E-state index contributed by atoms with van der Waals surface area (Å²) in [5.74, 6) is 0.765. The molecular formula is C17H17ClNOS+. The van der Waals surface area contributed by atoms with E-state index < -0.39 is 0 Å². The Hall–Kier alpha value is -1.58. The van der Waals surface area contributed by atoms with Crippen LogP contribution in [0.3, 0.4) is 0 Å². The number of nitrogens with zero attached hydrogens (tertiary/aromatic N) is 1. The van der Waals surface area contributed by atoms with E-state index in [1.54, 1.807) is 11.3 Å². The Morgan fingerprint density at radius 1 is 1.14 bits per heavy atom. The van der Waals surface area contributed by atoms with E-state index >= 15 is 0 Å². The van der Waals surface area contributed by atoms with Gasteiger partial charge in [-0.2, -0.15) is 0 Å². The predicted molar refractivity (Wildman–Crippen MR) is 88.4 cm³/mol. The third kappa shape index (κ3) is 2.89. The largest absolute Gasteiger partial charge is 0.485 e. The van der Waals surface area contributed by atoms with Gasteiger partial charge < -0.3 is 4.74 Å². The molecule has 0 saturated heterocycles. The van der Waals surface area contributed by atoms with Crippen molar-refractivity contribution in [1.82, 2.24) is 0 Å². The zero-order chi connectivity index (χ0) is 14.8. The lowest BCUT2D eigenvalue weighted by molar-refractivity contribution is -0.697. The number of benzene rings is 1. The van der Waals surface area contributed by atoms with Crippen LogP contribution in [-0.2, 0) is 6.54 Å². The van der Waals surface area contributed by atoms with Crippen molar-refractivity contribution in [2.75, 3.05) is 6.61 Å². The molecule has 0 amide bonds. The highest BCUT2D eigenvalue weighted by atomic mass is 35.5. The SMILES string of the molecule is Cc1sc2ccc(OCC[n+]3ccccc3)c(Cl)c2c1C. The summed E-state index contributed by atoms with van der Waals surface area (Å²) in [6, 6.07) is 10.1. The van der Waals surface area contributed by atoms with Crippen molar-refractivity contribution in [2.45, 2.75) is 20.4 Å². The number of hydrogen-bond acceptors (Lipinski definition) is 2. The van der Waals surface area contributed by atoms with Crippen molar-refractivity contribution in [3.63, 3.8) is 0 Å². The number of rotatable bonds is 4. The summed E-state index contributed by atoms with van der Waals surface area (Å²) in [4.78, 5) is 1.31. The van der Waals surface area contributed by atoms with Crippen molar-refractivity contribution in [3.8, 4) is 5.75 Å². The Morgan fingerprint density at radius 2 is 1.90 bits per heavy atom. The zero-order valence-electron chi connectivity index (χ0n) is 12.1. The second-order valence-corrected chi connectivity index (χ2v) is 6.63. The molecule has 0 saturated carbocycles. The normalized spacial score (nSPS) is 11.0. The molecule has 4 heteroatoms. The van der Waals surface area contributed by atoms with Gasteiger partial charge in [0.1, 0.15) is 12.4 Å². The van der Waals surface area contributed by atoms with Crippen molar-refractivity contribution < 1.29 is 9.30 Å². The molecule has 3 rings (SSSR count). The Morgan fingerprint density at radius 3 is 2.67 bits per heavy atom. The molecule has 2 nitrogen and oxygen atoms in total. The van der Waals surface area contributed by atoms with Gasteiger partial charge in [0.2, 0.25) is 0 Å². The van der Waals surface area contributed by atoms with E-state index in [0.717, 1.165) is 22.7 Å². The van der Waals surface area contributed by atoms with Crippen molar-refractivity contribution in [1.29, 1.82) is 0 Å². The summed E-state index contributed by atoms with van der Waals surface area (Å²) in [6.45, 7) is 5.64. The number of thiophene rings is 1. The van der Waals surface area contributed by atoms with Crippen LogP contribution in [0.1, 0.15) is 10.4 Å². The fourth-order valence-corrected chi connectivity index (χ4v) is 3.84. The van der Waals surface area contributed by atoms with Gasteiger partial charge >= 0.3 is 0 Å². The van der Waals surface area contributed by atoms with Crippen LogP contribution in [0.4, 0.5) is 0 Å². The van der Waals surface area contributed by atoms with Crippen LogP contribution in [0.25, 0.3) is 10.1 Å². The first-order valence-corrected chi connectivity index (χ1v) is 8.11. The minimum absolute atomic E-state index is 0.599. The van der Waals surface area contributed by atoms with Crippen LogP contribution >= 0.6 is 22.9 Å². The monoisotopic (exact) mass is 318 g/mol. The maximum absolute atomic E-state index is 6.52. The van der Waals surface area contributed by atoms with E-state index in [1.807, 2.05) is 36.7 Å². The average Bonchev–Trinajstić information content (AvgIpc) is 2.78. The Labute approximate surface area is 133 Å². The van der Waals surface area contributed by atoms with Gasteiger partial charge in [0.25, 0.3) is 0 Å². The fraction of sp³-hybridized carbons (Fsp3) is 0.235. The van der Waals surface area contributed by atoms with Gasteiger partial charge in [0.05, 0.1) is 5.02 Å². The Bertz CT molecular complexity index is 767. The molecule has 3 aromatic rings. The minimum Gasteiger partial charge on any atom is -0.485 e. The second-order valence-electron chi connectivity index (χ2n) is 5.00. The molecule has 108 valence electrons. The lowest BCUT2D eigenvalue weighted by Gasteiger charge is -2.07. The number of aryl methyl sites for hydroxylation is 2. The van der Waals surface area contributed by atoms with Crippen molar-refractivity contribution in [3.05, 3.63) is 58.2 Å². The maximum Gasteiger partial charge on any atom is 0.182 e. The molecule has 0 fully saturated rings. The molecule has 0 aliphatic heterocycles. The molecule has 0 atom stereocenters. The second kappa shape index (κ2) is 6.04. The third-order valence-corrected chi connectivity index (χ3v) is 5.17. The minimum atomic E-state index is 0.599. The van der Waals surface area contributed by atoms with E-state index in [9.17, 15) is 0 Å². The third-order valence-electron chi connectivity index (χ3n) is 3.62. The number of hydrogen-bond donors (Lipinski definition) is 0. The molecular weight excluding hydrogens is 302 g/mol. The Balaban J connectivity index is 1.78. The molecule has 0 aliphatic carbocycles. The summed E-state index contributed by atoms with van der Waals surface area (Å²) in [7, 11) is 0. The van der Waals surface area contributed by atoms with Crippen LogP contribution in [0.5, 0.6) is 5.75 Å². The standard InChI is InChI=1S/C17H17ClNOS/c1-12-13(2)21-15-7-6-14(17(18)16(12)15)20-11-10-19-8-4-3-5-9-19/h3-9H,10-11H2,1-2H3/q+1. The lowest BCUT2D eigenvalue weighted by atomic mass is 10.1. The van der Waals surface area contributed by atoms with Gasteiger partial charge in [-0.25, -0.2) is 4.57 Å². The Kier molecular flexibility index (Phi) is 4.13. The number of aromatic nitrogens is 1. The molecule has 0 N–H and O–H groups in total. The van der Waals surface area contributed by atoms with Gasteiger partial charge in [0.15, 0.2) is 18.9 Å². The van der Waals surface area contributed by atoms with E-state index in [0.29, 0.717) is 6.61 Å². The number of halogens is 1. The van der Waals surface area contributed by atoms with Crippen LogP contribution in [0.15, 0.2) is 42.7 Å². The van der Waals surface area contributed by atoms with Crippen LogP contribution < -0.4 is 9.30 Å². The van der Waals surface area contributed by atoms with Crippen LogP contribution in [0.2, 0.25) is 5.02 Å². The first-order valence-electron chi connectivity index (χ1n) is 6.92. The predicted octanol–water partition coefficient (Wildman–Crippen LogP) is 4.54. The summed E-state index contributed by atoms with van der Waals surface area (Å²) < 4.78 is 9.18. The van der Waals surface area contributed by atoms with Crippen LogP contribution in [-0.4, -0.2) is 6.61 Å². The van der Waals surface area contributed by atoms with Crippen molar-refractivity contribution in [2.24, 2.45) is 0 Å². The number of ether oxygens (including phenoxy) is 1. The highest BCUT2D eigenvalue weighted by Gasteiger charge is 2.13. The van der Waals surface area contributed by atoms with Crippen molar-refractivity contribution >= 4 is 33.0 Å². The number of fused-ring (bicyclic) bond motifs is 1. The molecule has 0 aliphatic rings. The quantitative estimate of drug-likeness (QED) is 0.644. The zero-order valence-corrected chi connectivity index (χ0v) is 13.7. The summed E-state index contributed by atoms with van der Waals surface area (Å²) in [5, 5.41) is 1.86. The fourth-order valence-electron chi connectivity index (χ4n) is 2.35. The molecule has 21 heavy (non-hydrogen) atoms. The lowest BCUT2D eigenvalue weighted by Crippen LogP contribution is -2.35. The topological polar surface area (TPSA) is 13.1 Å². The first kappa shape index (κ1) is 14.4. The van der Waals surface area contributed by atoms with E-state index in [2.05, 4.69) is 24.5 Å². The van der Waals surface area contributed by atoms with Gasteiger partial charge in [-0.05, 0) is 31.5 Å². The number of pyridine rings is 1. The van der Waals surface area contributed by atoms with E-state index in [4.69, 9.17) is 16.3 Å². The average molecular weight is 319 g/mol. The van der Waals surface area contributed by atoms with Gasteiger partial charge in [-0.3, -0.25) is 0 Å². The summed E-state index contributed by atoms with van der Waals surface area (Å²) in [6.07, 6.45) is 4.06. The summed E-state index contributed by atoms with van der Waals surface area (Å²) in [5.41, 5.74) is 1.25. The summed E-state index contributed by atoms with van der Waals surface area (Å²) >= 11 is 8.30.